The number of rotatable bonds is 2. The molecule has 1 aromatic rings. The Morgan fingerprint density at radius 3 is 2.23 bits per heavy atom. The van der Waals surface area contributed by atoms with E-state index in [1.807, 2.05) is 24.3 Å². The lowest BCUT2D eigenvalue weighted by atomic mass is 9.96. The minimum absolute atomic E-state index is 0.680. The molecule has 2 rings (SSSR count). The van der Waals surface area contributed by atoms with Gasteiger partial charge in [-0.25, -0.2) is 0 Å². The van der Waals surface area contributed by atoms with Crippen molar-refractivity contribution in [2.24, 2.45) is 0 Å². The van der Waals surface area contributed by atoms with Crippen LogP contribution in [0.15, 0.2) is 28.7 Å². The van der Waals surface area contributed by atoms with Crippen LogP contribution >= 0.6 is 15.9 Å². The van der Waals surface area contributed by atoms with Gasteiger partial charge in [0.15, 0.2) is 0 Å². The number of carboxylic acid groups (broad SMARTS) is 1. The third-order valence-corrected chi connectivity index (χ3v) is 3.07. The summed E-state index contributed by atoms with van der Waals surface area (Å²) in [6.45, 7) is 0. The quantitative estimate of drug-likeness (QED) is 0.779. The van der Waals surface area contributed by atoms with Gasteiger partial charge in [0.2, 0.25) is 0 Å². The van der Waals surface area contributed by atoms with Crippen LogP contribution in [0.2, 0.25) is 0 Å². The van der Waals surface area contributed by atoms with Crippen LogP contribution in [-0.2, 0) is 10.2 Å². The van der Waals surface area contributed by atoms with Crippen molar-refractivity contribution in [3.05, 3.63) is 34.3 Å². The van der Waals surface area contributed by atoms with Gasteiger partial charge in [0.25, 0.3) is 0 Å². The van der Waals surface area contributed by atoms with Gasteiger partial charge in [0.1, 0.15) is 0 Å². The Morgan fingerprint density at radius 1 is 1.31 bits per heavy atom. The van der Waals surface area contributed by atoms with Gasteiger partial charge in [-0.3, -0.25) is 0 Å². The molecule has 0 radical (unpaired) electrons. The second-order valence-corrected chi connectivity index (χ2v) is 4.29. The van der Waals surface area contributed by atoms with Crippen molar-refractivity contribution in [2.75, 3.05) is 0 Å². The molecule has 0 saturated heterocycles. The van der Waals surface area contributed by atoms with E-state index in [-0.39, 0.29) is 0 Å². The molecule has 68 valence electrons. The smallest absolute Gasteiger partial charge is 0.0520 e. The Balaban J connectivity index is 2.36. The number of aliphatic carboxylic acids is 1. The van der Waals surface area contributed by atoms with Crippen LogP contribution in [0.3, 0.4) is 0 Å². The minimum atomic E-state index is -0.949. The van der Waals surface area contributed by atoms with Gasteiger partial charge in [-0.05, 0) is 30.5 Å². The highest BCUT2D eigenvalue weighted by atomic mass is 79.9. The highest BCUT2D eigenvalue weighted by Gasteiger charge is 2.45. The number of carbonyl (C=O) groups excluding carboxylic acids is 1. The van der Waals surface area contributed by atoms with E-state index < -0.39 is 11.4 Å². The fraction of sp³-hybridized carbons (Fsp3) is 0.300. The van der Waals surface area contributed by atoms with Crippen LogP contribution in [0.25, 0.3) is 0 Å². The zero-order chi connectivity index (χ0) is 9.47. The molecule has 1 aromatic carbocycles. The van der Waals surface area contributed by atoms with E-state index >= 15 is 0 Å². The fourth-order valence-electron chi connectivity index (χ4n) is 1.50. The summed E-state index contributed by atoms with van der Waals surface area (Å²) in [7, 11) is 0. The van der Waals surface area contributed by atoms with Crippen molar-refractivity contribution in [2.45, 2.75) is 18.3 Å². The van der Waals surface area contributed by atoms with Crippen LogP contribution in [0.5, 0.6) is 0 Å². The average molecular weight is 240 g/mol. The lowest BCUT2D eigenvalue weighted by Gasteiger charge is -2.16. The molecule has 1 saturated carbocycles. The number of hydrogen-bond acceptors (Lipinski definition) is 2. The summed E-state index contributed by atoms with van der Waals surface area (Å²) in [6, 6.07) is 7.40. The first kappa shape index (κ1) is 8.75. The first-order valence-electron chi connectivity index (χ1n) is 4.13. The average Bonchev–Trinajstić information content (AvgIpc) is 2.86. The maximum absolute atomic E-state index is 10.8. The maximum atomic E-state index is 10.8. The summed E-state index contributed by atoms with van der Waals surface area (Å²) in [5, 5.41) is 10.8. The number of halogens is 1. The Kier molecular flexibility index (Phi) is 1.91. The van der Waals surface area contributed by atoms with E-state index in [4.69, 9.17) is 0 Å². The molecule has 0 amide bonds. The van der Waals surface area contributed by atoms with E-state index in [2.05, 4.69) is 15.9 Å². The summed E-state index contributed by atoms with van der Waals surface area (Å²) in [5.41, 5.74) is 0.177. The molecular weight excluding hydrogens is 232 g/mol. The number of carboxylic acids is 1. The molecular formula is C10H8BrO2-. The Bertz CT molecular complexity index is 338. The monoisotopic (exact) mass is 239 g/mol. The molecule has 0 N–H and O–H groups in total. The van der Waals surface area contributed by atoms with Crippen molar-refractivity contribution in [1.82, 2.24) is 0 Å². The number of carbonyl (C=O) groups is 1. The largest absolute Gasteiger partial charge is 0.549 e. The zero-order valence-corrected chi connectivity index (χ0v) is 8.50. The van der Waals surface area contributed by atoms with Gasteiger partial charge in [-0.2, -0.15) is 0 Å². The lowest BCUT2D eigenvalue weighted by Crippen LogP contribution is -2.35. The van der Waals surface area contributed by atoms with Gasteiger partial charge in [0, 0.05) is 9.89 Å². The van der Waals surface area contributed by atoms with Gasteiger partial charge in [0.05, 0.1) is 5.97 Å². The molecule has 13 heavy (non-hydrogen) atoms. The maximum Gasteiger partial charge on any atom is 0.0520 e. The van der Waals surface area contributed by atoms with Gasteiger partial charge >= 0.3 is 0 Å². The standard InChI is InChI=1S/C10H9BrO2/c11-8-3-1-7(2-4-8)10(5-6-10)9(12)13/h1-4H,5-6H2,(H,12,13)/p-1. The van der Waals surface area contributed by atoms with Crippen LogP contribution in [-0.4, -0.2) is 5.97 Å². The van der Waals surface area contributed by atoms with E-state index in [1.54, 1.807) is 0 Å². The SMILES string of the molecule is O=C([O-])C1(c2ccc(Br)cc2)CC1. The van der Waals surface area contributed by atoms with Crippen LogP contribution in [0, 0.1) is 0 Å². The van der Waals surface area contributed by atoms with Crippen molar-refractivity contribution in [1.29, 1.82) is 0 Å². The summed E-state index contributed by atoms with van der Waals surface area (Å²) in [6.07, 6.45) is 1.41. The van der Waals surface area contributed by atoms with E-state index in [0.29, 0.717) is 12.8 Å². The molecule has 1 aliphatic rings. The van der Waals surface area contributed by atoms with E-state index in [0.717, 1.165) is 10.0 Å². The molecule has 2 nitrogen and oxygen atoms in total. The van der Waals surface area contributed by atoms with E-state index in [1.165, 1.54) is 0 Å². The molecule has 0 atom stereocenters. The van der Waals surface area contributed by atoms with Gasteiger partial charge in [-0.15, -0.1) is 0 Å². The van der Waals surface area contributed by atoms with Crippen molar-refractivity contribution >= 4 is 21.9 Å². The molecule has 0 aromatic heterocycles. The fourth-order valence-corrected chi connectivity index (χ4v) is 1.77. The summed E-state index contributed by atoms with van der Waals surface area (Å²) >= 11 is 3.31. The Labute approximate surface area is 84.7 Å². The van der Waals surface area contributed by atoms with Crippen molar-refractivity contribution in [3.63, 3.8) is 0 Å². The van der Waals surface area contributed by atoms with Gasteiger partial charge in [-0.1, -0.05) is 28.1 Å². The number of hydrogen-bond donors (Lipinski definition) is 0. The zero-order valence-electron chi connectivity index (χ0n) is 6.92. The molecule has 1 aliphatic carbocycles. The molecule has 3 heteroatoms. The van der Waals surface area contributed by atoms with Crippen LogP contribution < -0.4 is 5.11 Å². The summed E-state index contributed by atoms with van der Waals surface area (Å²) < 4.78 is 0.963. The molecule has 1 fully saturated rings. The third kappa shape index (κ3) is 1.37. The highest BCUT2D eigenvalue weighted by molar-refractivity contribution is 9.10. The summed E-state index contributed by atoms with van der Waals surface area (Å²) in [5.74, 6) is -0.949. The summed E-state index contributed by atoms with van der Waals surface area (Å²) in [4.78, 5) is 10.8. The second kappa shape index (κ2) is 2.84. The second-order valence-electron chi connectivity index (χ2n) is 3.38. The normalized spacial score (nSPS) is 18.2. The van der Waals surface area contributed by atoms with E-state index in [9.17, 15) is 9.90 Å². The molecule has 0 bridgehead atoms. The van der Waals surface area contributed by atoms with Gasteiger partial charge < -0.3 is 9.90 Å². The lowest BCUT2D eigenvalue weighted by molar-refractivity contribution is -0.309. The van der Waals surface area contributed by atoms with Crippen molar-refractivity contribution in [3.8, 4) is 0 Å². The first-order chi connectivity index (χ1) is 6.15. The highest BCUT2D eigenvalue weighted by Crippen LogP contribution is 2.47. The molecule has 0 aliphatic heterocycles. The Hall–Kier alpha value is -0.830. The molecule has 0 unspecified atom stereocenters. The number of benzene rings is 1. The molecule has 0 heterocycles. The Morgan fingerprint density at radius 2 is 1.85 bits per heavy atom. The topological polar surface area (TPSA) is 40.1 Å². The predicted molar refractivity (Wildman–Crippen MR) is 50.1 cm³/mol. The van der Waals surface area contributed by atoms with Crippen LogP contribution in [0.1, 0.15) is 18.4 Å². The molecule has 0 spiro atoms. The predicted octanol–water partition coefficient (Wildman–Crippen LogP) is 1.23. The third-order valence-electron chi connectivity index (χ3n) is 2.54. The van der Waals surface area contributed by atoms with Crippen LogP contribution in [0.4, 0.5) is 0 Å². The first-order valence-corrected chi connectivity index (χ1v) is 4.92. The van der Waals surface area contributed by atoms with Crippen molar-refractivity contribution < 1.29 is 9.90 Å². The minimum Gasteiger partial charge on any atom is -0.549 e.